The number of benzene rings is 2. The van der Waals surface area contributed by atoms with Gasteiger partial charge in [0.25, 0.3) is 5.91 Å². The summed E-state index contributed by atoms with van der Waals surface area (Å²) in [6, 6.07) is 16.9. The fraction of sp³-hybridized carbons (Fsp3) is 0.250. The number of thiocarbonyl (C=S) groups is 1. The molecule has 0 radical (unpaired) electrons. The number of anilines is 2. The molecule has 2 N–H and O–H groups in total. The molecule has 0 bridgehead atoms. The van der Waals surface area contributed by atoms with Crippen molar-refractivity contribution in [2.24, 2.45) is 0 Å². The van der Waals surface area contributed by atoms with Gasteiger partial charge in [-0.25, -0.2) is 0 Å². The van der Waals surface area contributed by atoms with Crippen LogP contribution in [0.1, 0.15) is 36.7 Å². The minimum atomic E-state index is -0.447. The quantitative estimate of drug-likeness (QED) is 0.398. The average Bonchev–Trinajstić information content (AvgIpc) is 3.25. The number of amides is 1. The second kappa shape index (κ2) is 9.94. The molecule has 0 spiro atoms. The van der Waals surface area contributed by atoms with Crippen molar-refractivity contribution in [3.8, 4) is 11.3 Å². The van der Waals surface area contributed by atoms with Gasteiger partial charge < -0.3 is 14.6 Å². The van der Waals surface area contributed by atoms with Gasteiger partial charge in [-0.2, -0.15) is 0 Å². The summed E-state index contributed by atoms with van der Waals surface area (Å²) in [4.78, 5) is 15.0. The van der Waals surface area contributed by atoms with Crippen molar-refractivity contribution >= 4 is 57.8 Å². The lowest BCUT2D eigenvalue weighted by Crippen LogP contribution is -2.37. The average molecular weight is 488 g/mol. The van der Waals surface area contributed by atoms with Crippen molar-refractivity contribution in [1.82, 2.24) is 5.32 Å². The summed E-state index contributed by atoms with van der Waals surface area (Å²) >= 11 is 17.4. The fourth-order valence-electron chi connectivity index (χ4n) is 3.84. The number of hydrogen-bond donors (Lipinski definition) is 2. The third-order valence-electron chi connectivity index (χ3n) is 5.51. The molecule has 8 heteroatoms. The van der Waals surface area contributed by atoms with Crippen LogP contribution in [0.25, 0.3) is 11.3 Å². The Bertz CT molecular complexity index is 1130. The Balaban J connectivity index is 1.36. The number of nitrogens with zero attached hydrogens (tertiary/aromatic N) is 1. The maximum atomic E-state index is 12.5. The van der Waals surface area contributed by atoms with Gasteiger partial charge in [-0.15, -0.1) is 0 Å². The fourth-order valence-corrected chi connectivity index (χ4v) is 4.55. The minimum Gasteiger partial charge on any atom is -0.451 e. The Morgan fingerprint density at radius 3 is 2.59 bits per heavy atom. The first kappa shape index (κ1) is 22.6. The summed E-state index contributed by atoms with van der Waals surface area (Å²) in [5.41, 5.74) is 2.65. The lowest BCUT2D eigenvalue weighted by molar-refractivity contribution is 0.0951. The highest BCUT2D eigenvalue weighted by Crippen LogP contribution is 2.31. The molecule has 1 aliphatic heterocycles. The predicted molar refractivity (Wildman–Crippen MR) is 135 cm³/mol. The van der Waals surface area contributed by atoms with Gasteiger partial charge in [0.2, 0.25) is 0 Å². The third kappa shape index (κ3) is 5.26. The predicted octanol–water partition coefficient (Wildman–Crippen LogP) is 6.76. The molecular formula is C24H23Cl2N3O2S. The van der Waals surface area contributed by atoms with Gasteiger partial charge in [-0.05, 0) is 93.0 Å². The van der Waals surface area contributed by atoms with Crippen LogP contribution in [0.5, 0.6) is 0 Å². The van der Waals surface area contributed by atoms with Crippen LogP contribution in [0.4, 0.5) is 11.4 Å². The molecule has 2 aromatic carbocycles. The number of carbonyl (C=O) groups is 1. The SMILES string of the molecule is CC1CCCCN1c1ccc(NC(=S)NC(=O)c2ccc(-c3ccc(Cl)cc3Cl)o2)cc1. The molecule has 5 nitrogen and oxygen atoms in total. The molecule has 4 rings (SSSR count). The highest BCUT2D eigenvalue weighted by atomic mass is 35.5. The Labute approximate surface area is 202 Å². The molecule has 1 fully saturated rings. The number of rotatable bonds is 4. The van der Waals surface area contributed by atoms with Crippen molar-refractivity contribution < 1.29 is 9.21 Å². The van der Waals surface area contributed by atoms with Crippen LogP contribution in [0.2, 0.25) is 10.0 Å². The Morgan fingerprint density at radius 1 is 1.09 bits per heavy atom. The van der Waals surface area contributed by atoms with Gasteiger partial charge in [-0.3, -0.25) is 10.1 Å². The summed E-state index contributed by atoms with van der Waals surface area (Å²) < 4.78 is 5.66. The zero-order valence-electron chi connectivity index (χ0n) is 17.5. The van der Waals surface area contributed by atoms with Crippen LogP contribution < -0.4 is 15.5 Å². The summed E-state index contributed by atoms with van der Waals surface area (Å²) in [6.07, 6.45) is 3.73. The van der Waals surface area contributed by atoms with Gasteiger partial charge in [0.1, 0.15) is 5.76 Å². The minimum absolute atomic E-state index is 0.129. The van der Waals surface area contributed by atoms with E-state index in [9.17, 15) is 4.79 Å². The molecule has 1 unspecified atom stereocenters. The zero-order valence-corrected chi connectivity index (χ0v) is 19.9. The molecule has 2 heterocycles. The zero-order chi connectivity index (χ0) is 22.7. The van der Waals surface area contributed by atoms with Crippen molar-refractivity contribution in [3.63, 3.8) is 0 Å². The number of halogens is 2. The molecule has 0 saturated carbocycles. The maximum absolute atomic E-state index is 12.5. The third-order valence-corrected chi connectivity index (χ3v) is 6.27. The standard InChI is InChI=1S/C24H23Cl2N3O2S/c1-15-4-2-3-13-29(15)18-8-6-17(7-9-18)27-24(32)28-23(30)22-12-11-21(31-22)19-10-5-16(25)14-20(19)26/h5-12,14-15H,2-4,13H2,1H3,(H2,27,28,30,32). The first-order valence-electron chi connectivity index (χ1n) is 10.4. The first-order chi connectivity index (χ1) is 15.4. The van der Waals surface area contributed by atoms with E-state index in [-0.39, 0.29) is 10.9 Å². The van der Waals surface area contributed by atoms with Crippen LogP contribution in [0.15, 0.2) is 59.0 Å². The van der Waals surface area contributed by atoms with Crippen molar-refractivity contribution in [2.75, 3.05) is 16.8 Å². The lowest BCUT2D eigenvalue weighted by Gasteiger charge is -2.35. The number of piperidine rings is 1. The van der Waals surface area contributed by atoms with E-state index in [0.717, 1.165) is 12.2 Å². The van der Waals surface area contributed by atoms with Crippen LogP contribution in [0.3, 0.4) is 0 Å². The van der Waals surface area contributed by atoms with Crippen LogP contribution in [-0.2, 0) is 0 Å². The van der Waals surface area contributed by atoms with E-state index in [1.165, 1.54) is 24.9 Å². The number of carbonyl (C=O) groups excluding carboxylic acids is 1. The number of hydrogen-bond acceptors (Lipinski definition) is 4. The first-order valence-corrected chi connectivity index (χ1v) is 11.6. The Kier molecular flexibility index (Phi) is 7.04. The van der Waals surface area contributed by atoms with Crippen molar-refractivity contribution in [3.05, 3.63) is 70.4 Å². The molecule has 166 valence electrons. The van der Waals surface area contributed by atoms with E-state index in [4.69, 9.17) is 39.8 Å². The molecule has 1 atom stereocenters. The van der Waals surface area contributed by atoms with Crippen LogP contribution in [-0.4, -0.2) is 23.6 Å². The monoisotopic (exact) mass is 487 g/mol. The van der Waals surface area contributed by atoms with E-state index >= 15 is 0 Å². The summed E-state index contributed by atoms with van der Waals surface area (Å²) in [5.74, 6) is 0.153. The van der Waals surface area contributed by atoms with Gasteiger partial charge in [0.05, 0.1) is 5.02 Å². The summed E-state index contributed by atoms with van der Waals surface area (Å²) in [6.45, 7) is 3.34. The molecule has 1 aliphatic rings. The van der Waals surface area contributed by atoms with E-state index in [1.807, 2.05) is 12.1 Å². The largest absolute Gasteiger partial charge is 0.451 e. The highest BCUT2D eigenvalue weighted by molar-refractivity contribution is 7.80. The topological polar surface area (TPSA) is 57.5 Å². The highest BCUT2D eigenvalue weighted by Gasteiger charge is 2.19. The normalized spacial score (nSPS) is 16.0. The molecular weight excluding hydrogens is 465 g/mol. The van der Waals surface area contributed by atoms with E-state index in [1.54, 1.807) is 30.3 Å². The van der Waals surface area contributed by atoms with Gasteiger partial charge in [0.15, 0.2) is 10.9 Å². The van der Waals surface area contributed by atoms with Gasteiger partial charge in [0, 0.05) is 34.5 Å². The molecule has 1 aromatic heterocycles. The number of furan rings is 1. The Hall–Kier alpha value is -2.54. The smallest absolute Gasteiger partial charge is 0.293 e. The van der Waals surface area contributed by atoms with Crippen molar-refractivity contribution in [1.29, 1.82) is 0 Å². The lowest BCUT2D eigenvalue weighted by atomic mass is 10.0. The number of nitrogens with one attached hydrogen (secondary N) is 2. The summed E-state index contributed by atoms with van der Waals surface area (Å²) in [5, 5.41) is 6.84. The van der Waals surface area contributed by atoms with Gasteiger partial charge in [-0.1, -0.05) is 23.2 Å². The Morgan fingerprint density at radius 2 is 1.88 bits per heavy atom. The summed E-state index contributed by atoms with van der Waals surface area (Å²) in [7, 11) is 0. The second-order valence-electron chi connectivity index (χ2n) is 7.78. The van der Waals surface area contributed by atoms with E-state index < -0.39 is 5.91 Å². The molecule has 0 aliphatic carbocycles. The maximum Gasteiger partial charge on any atom is 0.293 e. The van der Waals surface area contributed by atoms with Crippen LogP contribution >= 0.6 is 35.4 Å². The second-order valence-corrected chi connectivity index (χ2v) is 9.03. The van der Waals surface area contributed by atoms with Gasteiger partial charge >= 0.3 is 0 Å². The molecule has 32 heavy (non-hydrogen) atoms. The van der Waals surface area contributed by atoms with Crippen molar-refractivity contribution in [2.45, 2.75) is 32.2 Å². The van der Waals surface area contributed by atoms with E-state index in [0.29, 0.717) is 27.4 Å². The molecule has 3 aromatic rings. The molecule has 1 saturated heterocycles. The van der Waals surface area contributed by atoms with Crippen LogP contribution in [0, 0.1) is 0 Å². The van der Waals surface area contributed by atoms with E-state index in [2.05, 4.69) is 34.6 Å². The molecule has 1 amide bonds.